The molecule has 0 amide bonds. The number of rotatable bonds is 6. The summed E-state index contributed by atoms with van der Waals surface area (Å²) in [7, 11) is 0. The molecule has 0 aromatic carbocycles. The van der Waals surface area contributed by atoms with Crippen molar-refractivity contribution in [1.82, 2.24) is 24.4 Å². The van der Waals surface area contributed by atoms with Crippen LogP contribution in [0.3, 0.4) is 0 Å². The average molecular weight is 441 g/mol. The number of imidazole rings is 1. The Morgan fingerprint density at radius 1 is 1.03 bits per heavy atom. The second-order valence-corrected chi connectivity index (χ2v) is 9.89. The number of ether oxygens (including phenoxy) is 1. The number of aromatic nitrogens is 4. The number of fused-ring (bicyclic) bond motifs is 2. The van der Waals surface area contributed by atoms with E-state index in [0.29, 0.717) is 0 Å². The molecule has 3 aromatic rings. The van der Waals surface area contributed by atoms with Gasteiger partial charge in [0.1, 0.15) is 22.3 Å². The number of aryl methyl sites for hydroxylation is 4. The minimum Gasteiger partial charge on any atom is -0.379 e. The van der Waals surface area contributed by atoms with Crippen molar-refractivity contribution in [2.75, 3.05) is 38.2 Å². The van der Waals surface area contributed by atoms with Crippen LogP contribution in [0.4, 0.5) is 5.82 Å². The van der Waals surface area contributed by atoms with E-state index in [2.05, 4.69) is 35.6 Å². The Labute approximate surface area is 187 Å². The van der Waals surface area contributed by atoms with Crippen molar-refractivity contribution < 1.29 is 4.74 Å². The molecule has 1 N–H and O–H groups in total. The first kappa shape index (κ1) is 20.8. The van der Waals surface area contributed by atoms with Gasteiger partial charge in [0, 0.05) is 49.6 Å². The number of hydrogen-bond acceptors (Lipinski definition) is 7. The topological polar surface area (TPSA) is 68.1 Å². The van der Waals surface area contributed by atoms with Crippen molar-refractivity contribution in [2.45, 2.75) is 59.5 Å². The van der Waals surface area contributed by atoms with E-state index < -0.39 is 0 Å². The Balaban J connectivity index is 1.37. The lowest BCUT2D eigenvalue weighted by atomic mass is 10.1. The van der Waals surface area contributed by atoms with Crippen LogP contribution in [0.15, 0.2) is 0 Å². The summed E-state index contributed by atoms with van der Waals surface area (Å²) in [5, 5.41) is 4.84. The fourth-order valence-electron chi connectivity index (χ4n) is 4.74. The van der Waals surface area contributed by atoms with Gasteiger partial charge in [0.15, 0.2) is 0 Å². The minimum atomic E-state index is 0.777. The molecule has 0 aliphatic carbocycles. The van der Waals surface area contributed by atoms with Crippen LogP contribution in [0.5, 0.6) is 0 Å². The highest BCUT2D eigenvalue weighted by Gasteiger charge is 2.19. The van der Waals surface area contributed by atoms with E-state index >= 15 is 0 Å². The smallest absolute Gasteiger partial charge is 0.146 e. The molecule has 3 aromatic heterocycles. The predicted octanol–water partition coefficient (Wildman–Crippen LogP) is 3.64. The molecule has 5 heterocycles. The van der Waals surface area contributed by atoms with Gasteiger partial charge in [-0.2, -0.15) is 0 Å². The molecule has 0 unspecified atom stereocenters. The Morgan fingerprint density at radius 2 is 1.87 bits per heavy atom. The lowest BCUT2D eigenvalue weighted by Gasteiger charge is -2.25. The maximum atomic E-state index is 5.49. The Morgan fingerprint density at radius 3 is 2.71 bits per heavy atom. The molecule has 0 atom stereocenters. The van der Waals surface area contributed by atoms with Crippen LogP contribution < -0.4 is 5.32 Å². The van der Waals surface area contributed by atoms with Crippen LogP contribution in [0.25, 0.3) is 10.2 Å². The normalized spacial score (nSPS) is 17.3. The van der Waals surface area contributed by atoms with Crippen LogP contribution in [0.2, 0.25) is 0 Å². The van der Waals surface area contributed by atoms with Crippen molar-refractivity contribution >= 4 is 27.4 Å². The van der Waals surface area contributed by atoms with E-state index in [1.54, 1.807) is 11.3 Å². The van der Waals surface area contributed by atoms with Crippen molar-refractivity contribution in [3.8, 4) is 0 Å². The van der Waals surface area contributed by atoms with E-state index in [0.717, 1.165) is 75.3 Å². The van der Waals surface area contributed by atoms with Crippen molar-refractivity contribution in [1.29, 1.82) is 0 Å². The molecule has 7 nitrogen and oxygen atoms in total. The maximum Gasteiger partial charge on any atom is 0.146 e. The highest BCUT2D eigenvalue weighted by atomic mass is 32.1. The second-order valence-electron chi connectivity index (χ2n) is 8.69. The molecule has 166 valence electrons. The summed E-state index contributed by atoms with van der Waals surface area (Å²) in [6.07, 6.45) is 4.59. The summed E-state index contributed by atoms with van der Waals surface area (Å²) in [6.45, 7) is 12.7. The van der Waals surface area contributed by atoms with Crippen LogP contribution in [0.1, 0.15) is 46.3 Å². The highest BCUT2D eigenvalue weighted by molar-refractivity contribution is 7.18. The molecule has 2 aliphatic rings. The number of thiophene rings is 1. The highest BCUT2D eigenvalue weighted by Crippen LogP contribution is 2.33. The van der Waals surface area contributed by atoms with Gasteiger partial charge in [-0.25, -0.2) is 15.0 Å². The van der Waals surface area contributed by atoms with E-state index in [4.69, 9.17) is 19.7 Å². The van der Waals surface area contributed by atoms with Crippen molar-refractivity contribution in [2.24, 2.45) is 0 Å². The van der Waals surface area contributed by atoms with Crippen LogP contribution in [-0.2, 0) is 30.7 Å². The third kappa shape index (κ3) is 4.21. The van der Waals surface area contributed by atoms with Gasteiger partial charge in [-0.15, -0.1) is 11.3 Å². The quantitative estimate of drug-likeness (QED) is 0.631. The van der Waals surface area contributed by atoms with E-state index in [1.807, 2.05) is 0 Å². The SMILES string of the molecule is Cc1nc2n(c1CCNc1nc(CN3CCOCC3)nc3sc(C)c(C)c13)CCCC2. The maximum absolute atomic E-state index is 5.49. The number of morpholine rings is 1. The van der Waals surface area contributed by atoms with Crippen molar-refractivity contribution in [3.63, 3.8) is 0 Å². The number of hydrogen-bond donors (Lipinski definition) is 1. The van der Waals surface area contributed by atoms with Gasteiger partial charge in [-0.1, -0.05) is 0 Å². The van der Waals surface area contributed by atoms with Gasteiger partial charge in [0.25, 0.3) is 0 Å². The molecule has 0 radical (unpaired) electrons. The molecule has 1 saturated heterocycles. The lowest BCUT2D eigenvalue weighted by molar-refractivity contribution is 0.0331. The second kappa shape index (κ2) is 8.84. The first-order chi connectivity index (χ1) is 15.1. The Hall–Kier alpha value is -2.03. The third-order valence-electron chi connectivity index (χ3n) is 6.58. The zero-order chi connectivity index (χ0) is 21.4. The number of nitrogens with zero attached hydrogens (tertiary/aromatic N) is 5. The average Bonchev–Trinajstić information content (AvgIpc) is 3.24. The standard InChI is InChI=1S/C23H32N6OS/c1-15-17(3)31-23-21(15)22(26-19(27-23)14-28-10-12-30-13-11-28)24-8-7-18-16(2)25-20-6-4-5-9-29(18)20/h4-14H2,1-3H3,(H,24,26,27). The molecule has 5 rings (SSSR count). The van der Waals surface area contributed by atoms with Gasteiger partial charge < -0.3 is 14.6 Å². The molecule has 0 bridgehead atoms. The molecular weight excluding hydrogens is 408 g/mol. The van der Waals surface area contributed by atoms with Gasteiger partial charge in [0.2, 0.25) is 0 Å². The molecule has 0 spiro atoms. The molecular formula is C23H32N6OS. The summed E-state index contributed by atoms with van der Waals surface area (Å²) in [4.78, 5) is 19.5. The third-order valence-corrected chi connectivity index (χ3v) is 7.68. The zero-order valence-corrected chi connectivity index (χ0v) is 19.6. The summed E-state index contributed by atoms with van der Waals surface area (Å²) in [5.41, 5.74) is 3.85. The van der Waals surface area contributed by atoms with Gasteiger partial charge >= 0.3 is 0 Å². The Kier molecular flexibility index (Phi) is 5.95. The first-order valence-electron chi connectivity index (χ1n) is 11.5. The van der Waals surface area contributed by atoms with Gasteiger partial charge in [-0.3, -0.25) is 4.90 Å². The summed E-state index contributed by atoms with van der Waals surface area (Å²) < 4.78 is 7.93. The first-order valence-corrected chi connectivity index (χ1v) is 12.3. The molecule has 31 heavy (non-hydrogen) atoms. The van der Waals surface area contributed by atoms with Crippen LogP contribution in [0, 0.1) is 20.8 Å². The summed E-state index contributed by atoms with van der Waals surface area (Å²) in [5.74, 6) is 3.14. The van der Waals surface area contributed by atoms with E-state index in [1.165, 1.54) is 45.9 Å². The molecule has 8 heteroatoms. The molecule has 2 aliphatic heterocycles. The van der Waals surface area contributed by atoms with Gasteiger partial charge in [0.05, 0.1) is 30.8 Å². The largest absolute Gasteiger partial charge is 0.379 e. The minimum absolute atomic E-state index is 0.777. The summed E-state index contributed by atoms with van der Waals surface area (Å²) >= 11 is 1.77. The molecule has 1 fully saturated rings. The van der Waals surface area contributed by atoms with Crippen molar-refractivity contribution in [3.05, 3.63) is 33.5 Å². The number of nitrogens with one attached hydrogen (secondary N) is 1. The lowest BCUT2D eigenvalue weighted by Crippen LogP contribution is -2.36. The number of anilines is 1. The Bertz CT molecular complexity index is 1080. The zero-order valence-electron chi connectivity index (χ0n) is 18.8. The predicted molar refractivity (Wildman–Crippen MR) is 125 cm³/mol. The molecule has 0 saturated carbocycles. The van der Waals surface area contributed by atoms with E-state index in [-0.39, 0.29) is 0 Å². The fraction of sp³-hybridized carbons (Fsp3) is 0.609. The monoisotopic (exact) mass is 440 g/mol. The summed E-state index contributed by atoms with van der Waals surface area (Å²) in [6, 6.07) is 0. The van der Waals surface area contributed by atoms with Gasteiger partial charge in [-0.05, 0) is 39.2 Å². The fourth-order valence-corrected chi connectivity index (χ4v) is 5.79. The van der Waals surface area contributed by atoms with Crippen LogP contribution in [-0.4, -0.2) is 57.3 Å². The van der Waals surface area contributed by atoms with E-state index in [9.17, 15) is 0 Å². The van der Waals surface area contributed by atoms with Crippen LogP contribution >= 0.6 is 11.3 Å².